The van der Waals surface area contributed by atoms with Crippen LogP contribution >= 0.6 is 0 Å². The van der Waals surface area contributed by atoms with Crippen LogP contribution < -0.4 is 5.32 Å². The van der Waals surface area contributed by atoms with Gasteiger partial charge >= 0.3 is 0 Å². The van der Waals surface area contributed by atoms with Gasteiger partial charge in [0.15, 0.2) is 17.8 Å². The topological polar surface area (TPSA) is 58.2 Å². The third kappa shape index (κ3) is 3.05. The zero-order valence-corrected chi connectivity index (χ0v) is 14.5. The van der Waals surface area contributed by atoms with E-state index in [1.807, 2.05) is 58.0 Å². The molecular formula is C18H25NO5. The van der Waals surface area contributed by atoms with Crippen molar-refractivity contribution in [3.05, 3.63) is 30.3 Å². The quantitative estimate of drug-likeness (QED) is 0.916. The van der Waals surface area contributed by atoms with Gasteiger partial charge in [-0.2, -0.15) is 0 Å². The maximum atomic E-state index is 6.24. The standard InChI is InChI=1S/C18H25NO5/c1-17(2)20-10-12(22-17)13-14-15(24-18(3,4)23-14)16(21-13)19-11-8-6-5-7-9-11/h5-9,12-16,19H,10H2,1-4H3/t12-,13-,14+,15+,16+/m1/s1. The third-order valence-electron chi connectivity index (χ3n) is 4.57. The second kappa shape index (κ2) is 5.68. The molecule has 0 amide bonds. The molecule has 4 rings (SSSR count). The Morgan fingerprint density at radius 2 is 1.58 bits per heavy atom. The van der Waals surface area contributed by atoms with Gasteiger partial charge in [0.1, 0.15) is 24.4 Å². The molecular weight excluding hydrogens is 310 g/mol. The fourth-order valence-electron chi connectivity index (χ4n) is 3.62. The fraction of sp³-hybridized carbons (Fsp3) is 0.667. The first-order chi connectivity index (χ1) is 11.3. The molecule has 6 nitrogen and oxygen atoms in total. The number of para-hydroxylation sites is 1. The van der Waals surface area contributed by atoms with Crippen molar-refractivity contribution in [3.63, 3.8) is 0 Å². The summed E-state index contributed by atoms with van der Waals surface area (Å²) in [7, 11) is 0. The van der Waals surface area contributed by atoms with Crippen LogP contribution in [-0.4, -0.2) is 48.8 Å². The zero-order chi connectivity index (χ0) is 16.9. The van der Waals surface area contributed by atoms with Gasteiger partial charge in [0.05, 0.1) is 6.61 Å². The molecule has 24 heavy (non-hydrogen) atoms. The van der Waals surface area contributed by atoms with Crippen molar-refractivity contribution < 1.29 is 23.7 Å². The zero-order valence-electron chi connectivity index (χ0n) is 14.5. The minimum absolute atomic E-state index is 0.174. The molecule has 0 bridgehead atoms. The van der Waals surface area contributed by atoms with E-state index in [4.69, 9.17) is 23.7 Å². The summed E-state index contributed by atoms with van der Waals surface area (Å²) in [5.41, 5.74) is 0.985. The van der Waals surface area contributed by atoms with Crippen LogP contribution in [0.1, 0.15) is 27.7 Å². The number of anilines is 1. The molecule has 0 aliphatic carbocycles. The first-order valence-corrected chi connectivity index (χ1v) is 8.47. The van der Waals surface area contributed by atoms with Gasteiger partial charge in [-0.05, 0) is 39.8 Å². The molecule has 3 aliphatic heterocycles. The average molecular weight is 335 g/mol. The van der Waals surface area contributed by atoms with E-state index in [0.29, 0.717) is 6.61 Å². The molecule has 3 aliphatic rings. The molecule has 1 N–H and O–H groups in total. The summed E-state index contributed by atoms with van der Waals surface area (Å²) in [6.45, 7) is 8.17. The van der Waals surface area contributed by atoms with Crippen molar-refractivity contribution in [1.82, 2.24) is 0 Å². The van der Waals surface area contributed by atoms with Gasteiger partial charge in [-0.3, -0.25) is 0 Å². The number of benzene rings is 1. The fourth-order valence-corrected chi connectivity index (χ4v) is 3.62. The van der Waals surface area contributed by atoms with Gasteiger partial charge in [-0.25, -0.2) is 0 Å². The summed E-state index contributed by atoms with van der Waals surface area (Å²) >= 11 is 0. The molecule has 5 atom stereocenters. The minimum Gasteiger partial charge on any atom is -0.358 e. The van der Waals surface area contributed by atoms with Crippen LogP contribution in [0.2, 0.25) is 0 Å². The first-order valence-electron chi connectivity index (χ1n) is 8.47. The Labute approximate surface area is 142 Å². The lowest BCUT2D eigenvalue weighted by molar-refractivity contribution is -0.203. The molecule has 132 valence electrons. The number of nitrogens with one attached hydrogen (secondary N) is 1. The number of fused-ring (bicyclic) bond motifs is 1. The van der Waals surface area contributed by atoms with Crippen LogP contribution in [-0.2, 0) is 23.7 Å². The van der Waals surface area contributed by atoms with E-state index in [1.54, 1.807) is 0 Å². The number of rotatable bonds is 3. The summed E-state index contributed by atoms with van der Waals surface area (Å²) in [5, 5.41) is 3.40. The van der Waals surface area contributed by atoms with E-state index in [1.165, 1.54) is 0 Å². The maximum absolute atomic E-state index is 6.24. The van der Waals surface area contributed by atoms with E-state index in [2.05, 4.69) is 5.32 Å². The summed E-state index contributed by atoms with van der Waals surface area (Å²) in [4.78, 5) is 0. The van der Waals surface area contributed by atoms with Crippen molar-refractivity contribution in [1.29, 1.82) is 0 Å². The summed E-state index contributed by atoms with van der Waals surface area (Å²) in [6.07, 6.45) is -1.09. The van der Waals surface area contributed by atoms with E-state index in [0.717, 1.165) is 5.69 Å². The van der Waals surface area contributed by atoms with Crippen LogP contribution in [0.25, 0.3) is 0 Å². The van der Waals surface area contributed by atoms with E-state index >= 15 is 0 Å². The largest absolute Gasteiger partial charge is 0.358 e. The number of hydrogen-bond acceptors (Lipinski definition) is 6. The van der Waals surface area contributed by atoms with Crippen molar-refractivity contribution in [2.24, 2.45) is 0 Å². The monoisotopic (exact) mass is 335 g/mol. The summed E-state index contributed by atoms with van der Waals surface area (Å²) in [6, 6.07) is 9.96. The smallest absolute Gasteiger partial charge is 0.164 e. The van der Waals surface area contributed by atoms with Crippen LogP contribution in [0.4, 0.5) is 5.69 Å². The molecule has 3 saturated heterocycles. The Hall–Kier alpha value is -1.18. The summed E-state index contributed by atoms with van der Waals surface area (Å²) in [5.74, 6) is -1.23. The van der Waals surface area contributed by atoms with Crippen LogP contribution in [0.3, 0.4) is 0 Å². The highest BCUT2D eigenvalue weighted by atomic mass is 16.8. The lowest BCUT2D eigenvalue weighted by Gasteiger charge is -2.27. The predicted octanol–water partition coefficient (Wildman–Crippen LogP) is 2.50. The van der Waals surface area contributed by atoms with Crippen LogP contribution in [0, 0.1) is 0 Å². The van der Waals surface area contributed by atoms with Crippen molar-refractivity contribution in [2.75, 3.05) is 11.9 Å². The normalized spacial score (nSPS) is 39.8. The minimum atomic E-state index is -0.636. The Kier molecular flexibility index (Phi) is 3.85. The molecule has 0 saturated carbocycles. The van der Waals surface area contributed by atoms with Crippen molar-refractivity contribution >= 4 is 5.69 Å². The summed E-state index contributed by atoms with van der Waals surface area (Å²) < 4.78 is 30.1. The Morgan fingerprint density at radius 1 is 0.875 bits per heavy atom. The first kappa shape index (κ1) is 16.3. The highest BCUT2D eigenvalue weighted by molar-refractivity contribution is 5.43. The second-order valence-electron chi connectivity index (χ2n) is 7.46. The predicted molar refractivity (Wildman–Crippen MR) is 87.5 cm³/mol. The lowest BCUT2D eigenvalue weighted by atomic mass is 10.1. The van der Waals surface area contributed by atoms with Crippen molar-refractivity contribution in [2.45, 2.75) is 69.9 Å². The highest BCUT2D eigenvalue weighted by Gasteiger charge is 2.59. The molecule has 0 spiro atoms. The number of hydrogen-bond donors (Lipinski definition) is 1. The molecule has 3 fully saturated rings. The van der Waals surface area contributed by atoms with Gasteiger partial charge < -0.3 is 29.0 Å². The third-order valence-corrected chi connectivity index (χ3v) is 4.57. The molecule has 1 aromatic rings. The van der Waals surface area contributed by atoms with Gasteiger partial charge in [-0.15, -0.1) is 0 Å². The van der Waals surface area contributed by atoms with Gasteiger partial charge in [-0.1, -0.05) is 18.2 Å². The van der Waals surface area contributed by atoms with Crippen molar-refractivity contribution in [3.8, 4) is 0 Å². The molecule has 6 heteroatoms. The maximum Gasteiger partial charge on any atom is 0.164 e. The Balaban J connectivity index is 1.54. The Morgan fingerprint density at radius 3 is 2.25 bits per heavy atom. The molecule has 0 aromatic heterocycles. The average Bonchev–Trinajstić information content (AvgIpc) is 3.12. The Bertz CT molecular complexity index is 590. The van der Waals surface area contributed by atoms with Gasteiger partial charge in [0, 0.05) is 5.69 Å². The SMILES string of the molecule is CC1(C)O[C@H]2[C@@H]([C@H]3COC(C)(C)O3)O[C@H](Nc3ccccc3)[C@H]2O1. The molecule has 0 unspecified atom stereocenters. The second-order valence-corrected chi connectivity index (χ2v) is 7.46. The van der Waals surface area contributed by atoms with Gasteiger partial charge in [0.25, 0.3) is 0 Å². The van der Waals surface area contributed by atoms with E-state index in [9.17, 15) is 0 Å². The van der Waals surface area contributed by atoms with E-state index < -0.39 is 11.6 Å². The highest BCUT2D eigenvalue weighted by Crippen LogP contribution is 2.42. The molecule has 0 radical (unpaired) electrons. The number of ether oxygens (including phenoxy) is 5. The van der Waals surface area contributed by atoms with Gasteiger partial charge in [0.2, 0.25) is 0 Å². The van der Waals surface area contributed by atoms with Crippen LogP contribution in [0.15, 0.2) is 30.3 Å². The van der Waals surface area contributed by atoms with Crippen LogP contribution in [0.5, 0.6) is 0 Å². The lowest BCUT2D eigenvalue weighted by Crippen LogP contribution is -2.40. The van der Waals surface area contributed by atoms with E-state index in [-0.39, 0.29) is 30.6 Å². The molecule has 3 heterocycles. The molecule has 1 aromatic carbocycles.